The number of pyridine rings is 1. The summed E-state index contributed by atoms with van der Waals surface area (Å²) >= 11 is 0. The van der Waals surface area contributed by atoms with Gasteiger partial charge in [0.25, 0.3) is 0 Å². The lowest BCUT2D eigenvalue weighted by Gasteiger charge is -2.33. The average Bonchev–Trinajstić information content (AvgIpc) is 1.58. The lowest BCUT2D eigenvalue weighted by Crippen LogP contribution is -2.28. The highest BCUT2D eigenvalue weighted by Crippen LogP contribution is 2.55. The van der Waals surface area contributed by atoms with Crippen molar-refractivity contribution in [2.24, 2.45) is 9.98 Å². The summed E-state index contributed by atoms with van der Waals surface area (Å²) in [6.45, 7) is 41.3. The van der Waals surface area contributed by atoms with E-state index in [9.17, 15) is 9.59 Å². The number of hydrogen-bond acceptors (Lipinski definition) is 13. The molecule has 101 heavy (non-hydrogen) atoms. The summed E-state index contributed by atoms with van der Waals surface area (Å²) in [7, 11) is 0. The van der Waals surface area contributed by atoms with E-state index in [4.69, 9.17) is 24.9 Å². The quantitative estimate of drug-likeness (QED) is 0.0488. The van der Waals surface area contributed by atoms with Gasteiger partial charge in [0.2, 0.25) is 5.78 Å². The summed E-state index contributed by atoms with van der Waals surface area (Å²) < 4.78 is 0. The van der Waals surface area contributed by atoms with E-state index in [0.717, 1.165) is 89.0 Å². The minimum Gasteiger partial charge on any atom is -0.288 e. The Labute approximate surface area is 594 Å². The molecular weight excluding hydrogens is 1250 g/mol. The maximum atomic E-state index is 15.3. The van der Waals surface area contributed by atoms with Gasteiger partial charge in [0.05, 0.1) is 45.0 Å². The summed E-state index contributed by atoms with van der Waals surface area (Å²) in [5.74, 6) is 2.64. The number of hydrogen-bond donors (Lipinski definition) is 0. The topological polar surface area (TPSA) is 145 Å². The Kier molecular flexibility index (Phi) is 18.4. The molecule has 4 heterocycles. The Balaban J connectivity index is 0.976. The van der Waals surface area contributed by atoms with Crippen molar-refractivity contribution in [3.05, 3.63) is 277 Å². The third-order valence-corrected chi connectivity index (χ3v) is 20.2. The van der Waals surface area contributed by atoms with Gasteiger partial charge >= 0.3 is 0 Å². The van der Waals surface area contributed by atoms with Crippen molar-refractivity contribution in [1.82, 2.24) is 15.0 Å². The third kappa shape index (κ3) is 11.8. The number of allylic oxidation sites excluding steroid dienone is 6. The Hall–Kier alpha value is -10.8. The maximum Gasteiger partial charge on any atom is 0.216 e. The van der Waals surface area contributed by atoms with Crippen LogP contribution in [0.15, 0.2) is 215 Å². The molecular formula is C88H89N9O4. The second-order valence-corrected chi connectivity index (χ2v) is 29.5. The highest BCUT2D eigenvalue weighted by molar-refractivity contribution is 6.41. The number of fused-ring (bicyclic) bond motifs is 5. The van der Waals surface area contributed by atoms with Crippen LogP contribution in [0.25, 0.3) is 21.7 Å². The molecule has 13 heteroatoms. The fourth-order valence-electron chi connectivity index (χ4n) is 14.9. The largest absolute Gasteiger partial charge is 0.288 e. The molecule has 0 N–H and O–H groups in total. The molecule has 0 saturated heterocycles. The number of anilines is 6. The van der Waals surface area contributed by atoms with E-state index in [0.29, 0.717) is 57.3 Å². The number of carbonyl (C=O) groups excluding carboxylic acids is 4. The number of ketones is 4. The van der Waals surface area contributed by atoms with E-state index in [1.54, 1.807) is 30.6 Å². The summed E-state index contributed by atoms with van der Waals surface area (Å²) in [6.07, 6.45) is 10.6. The number of Topliss-reactive ketones (excluding diaryl/α,β-unsaturated/α-hetero) is 4. The van der Waals surface area contributed by atoms with Gasteiger partial charge in [0.1, 0.15) is 17.3 Å². The molecule has 13 nitrogen and oxygen atoms in total. The van der Waals surface area contributed by atoms with Crippen molar-refractivity contribution in [3.63, 3.8) is 0 Å². The molecule has 2 aromatic heterocycles. The van der Waals surface area contributed by atoms with E-state index in [-0.39, 0.29) is 81.3 Å². The second-order valence-electron chi connectivity index (χ2n) is 29.5. The van der Waals surface area contributed by atoms with Gasteiger partial charge in [-0.05, 0) is 176 Å². The lowest BCUT2D eigenvalue weighted by molar-refractivity contribution is 0.0972. The van der Waals surface area contributed by atoms with Gasteiger partial charge in [-0.15, -0.1) is 0 Å². The monoisotopic (exact) mass is 1340 g/mol. The Bertz CT molecular complexity index is 4930. The van der Waals surface area contributed by atoms with Crippen molar-refractivity contribution < 1.29 is 19.2 Å². The predicted molar refractivity (Wildman–Crippen MR) is 414 cm³/mol. The van der Waals surface area contributed by atoms with Gasteiger partial charge < -0.3 is 0 Å². The molecule has 0 fully saturated rings. The van der Waals surface area contributed by atoms with Gasteiger partial charge in [0.15, 0.2) is 40.6 Å². The molecule has 2 aliphatic heterocycles. The van der Waals surface area contributed by atoms with E-state index >= 15 is 9.59 Å². The SMILES string of the molecule is C=NC1=C(N=C(C)c2ccc3cc4c(cc3c2)C(=O)/C(=C\C=C2N(c3c(C(C)C)cccc3C(C)C)c3nccnc3N2c2c(C(C)C)cccc2C(C)C)C4=O)N(c2c(C(C)C)cccc2C(C)C)/C(=C\C=C2\C(=O)c3cc4ccccc4nc3C2=O)N1c1c(C(C)C)cccc1C(C)C. The van der Waals surface area contributed by atoms with Crippen LogP contribution in [0, 0.1) is 0 Å². The first-order valence-electron chi connectivity index (χ1n) is 35.6. The van der Waals surface area contributed by atoms with Gasteiger partial charge in [0, 0.05) is 34.6 Å². The molecule has 0 spiro atoms. The summed E-state index contributed by atoms with van der Waals surface area (Å²) in [4.78, 5) is 94.0. The Morgan fingerprint density at radius 1 is 0.386 bits per heavy atom. The second kappa shape index (κ2) is 27.0. The fourth-order valence-corrected chi connectivity index (χ4v) is 14.9. The molecule has 0 unspecified atom stereocenters. The molecule has 510 valence electrons. The molecule has 9 aromatic rings. The van der Waals surface area contributed by atoms with Crippen LogP contribution >= 0.6 is 0 Å². The maximum absolute atomic E-state index is 15.3. The van der Waals surface area contributed by atoms with Crippen LogP contribution in [-0.4, -0.2) is 50.5 Å². The van der Waals surface area contributed by atoms with Crippen molar-refractivity contribution in [3.8, 4) is 0 Å². The van der Waals surface area contributed by atoms with Crippen LogP contribution < -0.4 is 19.6 Å². The predicted octanol–water partition coefficient (Wildman–Crippen LogP) is 21.8. The van der Waals surface area contributed by atoms with Crippen molar-refractivity contribution >= 4 is 91.6 Å². The molecule has 7 aromatic carbocycles. The van der Waals surface area contributed by atoms with Gasteiger partial charge in [-0.1, -0.05) is 214 Å². The number of nitrogens with zero attached hydrogens (tertiary/aromatic N) is 9. The van der Waals surface area contributed by atoms with Gasteiger partial charge in [-0.3, -0.25) is 38.8 Å². The molecule has 0 saturated carbocycles. The highest BCUT2D eigenvalue weighted by atomic mass is 16.2. The van der Waals surface area contributed by atoms with E-state index < -0.39 is 11.6 Å². The molecule has 4 aliphatic rings. The van der Waals surface area contributed by atoms with Crippen LogP contribution in [-0.2, 0) is 0 Å². The zero-order valence-electron chi connectivity index (χ0n) is 61.1. The van der Waals surface area contributed by atoms with Crippen LogP contribution in [0.1, 0.15) is 257 Å². The standard InChI is InChI=1S/C88H89N9O4/c1-47(2)60-26-21-27-61(48(3)4)77(60)94-74(40-38-69-83(100)72-45-58-25-19-20-34-73(58)93-76(72)84(69)101)97(80-66(53(13)14)32-24-33-67(80)54(15)16)88(85(94)89-18)92-55(17)56-35-36-57-44-70-71(46-59(57)43-56)82(99)68(81(70)98)37-39-75-95(78-62(49(5)6)28-22-29-63(78)50(7)8)86-87(91-42-41-90-86)96(75)79-64(51(9)10)30-23-31-65(79)52(11)12/h19-54H,18H2,1-17H3/b68-37-,69-38-,74-40-,92-55?. The number of carbonyl (C=O) groups is 4. The molecule has 0 atom stereocenters. The van der Waals surface area contributed by atoms with Crippen molar-refractivity contribution in [2.45, 2.75) is 165 Å². The number of aliphatic imine (C=N–C) groups is 2. The normalized spacial score (nSPS) is 16.2. The number of para-hydroxylation sites is 5. The van der Waals surface area contributed by atoms with Crippen molar-refractivity contribution in [1.29, 1.82) is 0 Å². The molecule has 0 amide bonds. The van der Waals surface area contributed by atoms with Crippen LogP contribution in [0.3, 0.4) is 0 Å². The minimum atomic E-state index is -0.446. The minimum absolute atomic E-state index is 0.00136. The highest BCUT2D eigenvalue weighted by Gasteiger charge is 2.44. The van der Waals surface area contributed by atoms with E-state index in [1.807, 2.05) is 73.7 Å². The van der Waals surface area contributed by atoms with Crippen LogP contribution in [0.2, 0.25) is 0 Å². The summed E-state index contributed by atoms with van der Waals surface area (Å²) in [5, 5.41) is 2.30. The number of benzene rings is 7. The van der Waals surface area contributed by atoms with Crippen molar-refractivity contribution in [2.75, 3.05) is 19.6 Å². The van der Waals surface area contributed by atoms with Gasteiger partial charge in [-0.2, -0.15) is 0 Å². The smallest absolute Gasteiger partial charge is 0.216 e. The van der Waals surface area contributed by atoms with E-state index in [2.05, 4.69) is 210 Å². The average molecular weight is 1340 g/mol. The van der Waals surface area contributed by atoms with Gasteiger partial charge in [-0.25, -0.2) is 24.9 Å². The van der Waals surface area contributed by atoms with Crippen LogP contribution in [0.4, 0.5) is 34.4 Å². The first-order chi connectivity index (χ1) is 48.3. The summed E-state index contributed by atoms with van der Waals surface area (Å²) in [6, 6.07) is 44.7. The molecule has 0 radical (unpaired) electrons. The number of aromatic nitrogens is 3. The lowest BCUT2D eigenvalue weighted by atomic mass is 9.91. The fraction of sp³-hybridized carbons (Fsp3) is 0.284. The number of rotatable bonds is 17. The molecule has 0 bridgehead atoms. The third-order valence-electron chi connectivity index (χ3n) is 20.2. The Morgan fingerprint density at radius 3 is 1.18 bits per heavy atom. The molecule has 13 rings (SSSR count). The molecule has 2 aliphatic carbocycles. The zero-order valence-corrected chi connectivity index (χ0v) is 61.1. The van der Waals surface area contributed by atoms with E-state index in [1.165, 1.54) is 0 Å². The summed E-state index contributed by atoms with van der Waals surface area (Å²) in [5.41, 5.74) is 15.7. The first-order valence-corrected chi connectivity index (χ1v) is 35.6. The first kappa shape index (κ1) is 68.7. The van der Waals surface area contributed by atoms with Crippen LogP contribution in [0.5, 0.6) is 0 Å². The zero-order chi connectivity index (χ0) is 71.9. The Morgan fingerprint density at radius 2 is 0.752 bits per heavy atom.